The standard InChI is InChI=1S/C24H36ClF2N5O5/c1-6-11(2)16(29-19(33)12(3)26)22(36)31-10-14-15(24(14,4)5)17(31)21(35)30-32(23(37)18(25)27)9-13-7-8-28-20(13)34/h11-18H,6-10H2,1-5H3,(H,28,34)(H,29,33)(H,30,35)/t11-,12+,13-,14-,15-,16-,17-,18-/m0/s1. The molecule has 0 aromatic carbocycles. The second-order valence-corrected chi connectivity index (χ2v) is 11.3. The van der Waals surface area contributed by atoms with Crippen molar-refractivity contribution >= 4 is 41.1 Å². The molecule has 8 atom stereocenters. The molecular formula is C24H36ClF2N5O5. The lowest BCUT2D eigenvalue weighted by atomic mass is 9.95. The van der Waals surface area contributed by atoms with E-state index in [4.69, 9.17) is 11.6 Å². The fourth-order valence-corrected chi connectivity index (χ4v) is 5.61. The van der Waals surface area contributed by atoms with E-state index in [9.17, 15) is 32.8 Å². The summed E-state index contributed by atoms with van der Waals surface area (Å²) in [6.07, 6.45) is -0.909. The van der Waals surface area contributed by atoms with E-state index in [-0.39, 0.29) is 42.2 Å². The topological polar surface area (TPSA) is 128 Å². The van der Waals surface area contributed by atoms with Crippen molar-refractivity contribution in [2.75, 3.05) is 19.6 Å². The third-order valence-electron chi connectivity index (χ3n) is 8.16. The lowest BCUT2D eigenvalue weighted by Crippen LogP contribution is -2.60. The van der Waals surface area contributed by atoms with E-state index in [2.05, 4.69) is 16.1 Å². The number of nitrogens with one attached hydrogen (secondary N) is 3. The lowest BCUT2D eigenvalue weighted by molar-refractivity contribution is -0.150. The fourth-order valence-electron chi connectivity index (χ4n) is 5.49. The zero-order valence-electron chi connectivity index (χ0n) is 21.7. The van der Waals surface area contributed by atoms with Gasteiger partial charge < -0.3 is 15.5 Å². The number of hydrogen-bond acceptors (Lipinski definition) is 5. The third-order valence-corrected chi connectivity index (χ3v) is 8.35. The number of hydrazine groups is 1. The number of halogens is 3. The zero-order chi connectivity index (χ0) is 27.8. The molecule has 5 amide bonds. The van der Waals surface area contributed by atoms with Crippen molar-refractivity contribution in [3.8, 4) is 0 Å². The van der Waals surface area contributed by atoms with E-state index in [1.165, 1.54) is 4.90 Å². The van der Waals surface area contributed by atoms with Gasteiger partial charge in [-0.05, 0) is 36.5 Å². The summed E-state index contributed by atoms with van der Waals surface area (Å²) in [5.74, 6) is -4.96. The number of carbonyl (C=O) groups excluding carboxylic acids is 5. The molecule has 37 heavy (non-hydrogen) atoms. The summed E-state index contributed by atoms with van der Waals surface area (Å²) < 4.78 is 27.4. The molecule has 13 heteroatoms. The molecule has 2 heterocycles. The number of amides is 5. The van der Waals surface area contributed by atoms with E-state index >= 15 is 0 Å². The van der Waals surface area contributed by atoms with E-state index in [0.29, 0.717) is 24.4 Å². The first kappa shape index (κ1) is 29.1. The number of carbonyl (C=O) groups is 5. The summed E-state index contributed by atoms with van der Waals surface area (Å²) in [6.45, 7) is 8.93. The van der Waals surface area contributed by atoms with Crippen LogP contribution in [0.15, 0.2) is 0 Å². The summed E-state index contributed by atoms with van der Waals surface area (Å²) >= 11 is 5.37. The molecule has 3 N–H and O–H groups in total. The summed E-state index contributed by atoms with van der Waals surface area (Å²) in [7, 11) is 0. The van der Waals surface area contributed by atoms with Crippen molar-refractivity contribution in [3.63, 3.8) is 0 Å². The van der Waals surface area contributed by atoms with Crippen LogP contribution in [0.3, 0.4) is 0 Å². The Morgan fingerprint density at radius 1 is 1.24 bits per heavy atom. The molecule has 1 saturated carbocycles. The average molecular weight is 548 g/mol. The summed E-state index contributed by atoms with van der Waals surface area (Å²) in [6, 6.07) is -2.07. The molecule has 10 nitrogen and oxygen atoms in total. The van der Waals surface area contributed by atoms with Gasteiger partial charge >= 0.3 is 0 Å². The number of hydrogen-bond donors (Lipinski definition) is 3. The zero-order valence-corrected chi connectivity index (χ0v) is 22.5. The van der Waals surface area contributed by atoms with Gasteiger partial charge in [0.2, 0.25) is 11.8 Å². The predicted molar refractivity (Wildman–Crippen MR) is 130 cm³/mol. The molecule has 0 aromatic heterocycles. The van der Waals surface area contributed by atoms with Gasteiger partial charge in [-0.25, -0.2) is 13.8 Å². The molecule has 2 saturated heterocycles. The Morgan fingerprint density at radius 2 is 1.89 bits per heavy atom. The molecule has 0 spiro atoms. The Labute approximate surface area is 220 Å². The van der Waals surface area contributed by atoms with Gasteiger partial charge in [0.1, 0.15) is 12.1 Å². The van der Waals surface area contributed by atoms with E-state index in [1.807, 2.05) is 20.8 Å². The Bertz CT molecular complexity index is 948. The van der Waals surface area contributed by atoms with Crippen molar-refractivity contribution in [2.24, 2.45) is 29.1 Å². The van der Waals surface area contributed by atoms with E-state index in [0.717, 1.165) is 6.92 Å². The number of likely N-dealkylation sites (tertiary alicyclic amines) is 1. The SMILES string of the molecule is CC[C@H](C)[C@H](NC(=O)[C@@H](C)F)C(=O)N1C[C@H]2[C@@H]([C@H]1C(=O)NN(C[C@@H]1CCNC1=O)C(=O)[C@H](F)Cl)C2(C)C. The maximum absolute atomic E-state index is 13.8. The van der Waals surface area contributed by atoms with Crippen molar-refractivity contribution < 1.29 is 32.8 Å². The van der Waals surface area contributed by atoms with Gasteiger partial charge in [-0.1, -0.05) is 45.7 Å². The lowest BCUT2D eigenvalue weighted by Gasteiger charge is -2.36. The molecule has 3 aliphatic rings. The van der Waals surface area contributed by atoms with Crippen molar-refractivity contribution in [1.82, 2.24) is 26.0 Å². The molecule has 3 rings (SSSR count). The minimum Gasteiger partial charge on any atom is -0.356 e. The van der Waals surface area contributed by atoms with Gasteiger partial charge in [0.15, 0.2) is 6.17 Å². The molecule has 0 aromatic rings. The average Bonchev–Trinajstić information content (AvgIpc) is 3.19. The smallest absolute Gasteiger partial charge is 0.291 e. The van der Waals surface area contributed by atoms with E-state index in [1.54, 1.807) is 6.92 Å². The molecule has 1 aliphatic carbocycles. The van der Waals surface area contributed by atoms with Gasteiger partial charge in [-0.3, -0.25) is 29.4 Å². The summed E-state index contributed by atoms with van der Waals surface area (Å²) in [5.41, 5.74) is -0.301. The van der Waals surface area contributed by atoms with Crippen LogP contribution in [0.2, 0.25) is 0 Å². The molecule has 0 unspecified atom stereocenters. The maximum atomic E-state index is 13.8. The van der Waals surface area contributed by atoms with Gasteiger partial charge in [-0.2, -0.15) is 0 Å². The highest BCUT2D eigenvalue weighted by molar-refractivity contribution is 6.29. The van der Waals surface area contributed by atoms with E-state index < -0.39 is 53.4 Å². The third kappa shape index (κ3) is 5.83. The van der Waals surface area contributed by atoms with Crippen molar-refractivity contribution in [2.45, 2.75) is 71.3 Å². The number of rotatable bonds is 9. The van der Waals surface area contributed by atoms with Crippen LogP contribution in [0, 0.1) is 29.1 Å². The molecular weight excluding hydrogens is 512 g/mol. The second kappa shape index (κ2) is 11.1. The molecule has 208 valence electrons. The fraction of sp³-hybridized carbons (Fsp3) is 0.792. The summed E-state index contributed by atoms with van der Waals surface area (Å²) in [4.78, 5) is 65.1. The predicted octanol–water partition coefficient (Wildman–Crippen LogP) is 0.889. The summed E-state index contributed by atoms with van der Waals surface area (Å²) in [5, 5.41) is 5.80. The quantitative estimate of drug-likeness (QED) is 0.292. The van der Waals surface area contributed by atoms with Gasteiger partial charge in [0.05, 0.1) is 12.5 Å². The Balaban J connectivity index is 1.85. The molecule has 2 aliphatic heterocycles. The minimum absolute atomic E-state index is 0.00713. The highest BCUT2D eigenvalue weighted by Crippen LogP contribution is 2.65. The van der Waals surface area contributed by atoms with Crippen LogP contribution in [0.4, 0.5) is 8.78 Å². The van der Waals surface area contributed by atoms with Gasteiger partial charge in [0, 0.05) is 13.1 Å². The Kier molecular flexibility index (Phi) is 8.71. The Morgan fingerprint density at radius 3 is 2.41 bits per heavy atom. The normalized spacial score (nSPS) is 28.9. The van der Waals surface area contributed by atoms with Crippen LogP contribution >= 0.6 is 11.6 Å². The van der Waals surface area contributed by atoms with Gasteiger partial charge in [-0.15, -0.1) is 0 Å². The van der Waals surface area contributed by atoms with Crippen LogP contribution in [-0.4, -0.2) is 83.0 Å². The van der Waals surface area contributed by atoms with Crippen LogP contribution in [0.5, 0.6) is 0 Å². The largest absolute Gasteiger partial charge is 0.356 e. The highest BCUT2D eigenvalue weighted by atomic mass is 35.5. The van der Waals surface area contributed by atoms with Gasteiger partial charge in [0.25, 0.3) is 23.4 Å². The number of alkyl halides is 3. The van der Waals surface area contributed by atoms with Crippen LogP contribution in [-0.2, 0) is 24.0 Å². The van der Waals surface area contributed by atoms with Crippen LogP contribution < -0.4 is 16.1 Å². The Hall–Kier alpha value is -2.50. The van der Waals surface area contributed by atoms with Crippen molar-refractivity contribution in [1.29, 1.82) is 0 Å². The monoisotopic (exact) mass is 547 g/mol. The molecule has 0 bridgehead atoms. The maximum Gasteiger partial charge on any atom is 0.291 e. The first-order chi connectivity index (χ1) is 17.2. The second-order valence-electron chi connectivity index (χ2n) is 10.9. The minimum atomic E-state index is -2.44. The van der Waals surface area contributed by atoms with Crippen LogP contribution in [0.1, 0.15) is 47.5 Å². The number of fused-ring (bicyclic) bond motifs is 1. The number of nitrogens with zero attached hydrogens (tertiary/aromatic N) is 2. The molecule has 0 radical (unpaired) electrons. The number of piperidine rings is 1. The van der Waals surface area contributed by atoms with Crippen LogP contribution in [0.25, 0.3) is 0 Å². The first-order valence-corrected chi connectivity index (χ1v) is 13.1. The van der Waals surface area contributed by atoms with Crippen molar-refractivity contribution in [3.05, 3.63) is 0 Å². The first-order valence-electron chi connectivity index (χ1n) is 12.6. The molecule has 3 fully saturated rings. The highest BCUT2D eigenvalue weighted by Gasteiger charge is 2.69.